The fourth-order valence-corrected chi connectivity index (χ4v) is 3.55. The van der Waals surface area contributed by atoms with Gasteiger partial charge in [-0.25, -0.2) is 4.39 Å². The van der Waals surface area contributed by atoms with Crippen molar-refractivity contribution in [1.29, 1.82) is 0 Å². The summed E-state index contributed by atoms with van der Waals surface area (Å²) < 4.78 is 13.7. The number of benzene rings is 3. The maximum atomic E-state index is 13.7. The predicted octanol–water partition coefficient (Wildman–Crippen LogP) is 4.27. The van der Waals surface area contributed by atoms with Crippen molar-refractivity contribution in [1.82, 2.24) is 5.32 Å². The molecule has 0 aliphatic carbocycles. The Morgan fingerprint density at radius 3 is 2.55 bits per heavy atom. The minimum Gasteiger partial charge on any atom is -0.348 e. The quantitative estimate of drug-likeness (QED) is 0.726. The van der Waals surface area contributed by atoms with Crippen LogP contribution in [-0.4, -0.2) is 18.4 Å². The number of aryl methyl sites for hydroxylation is 1. The molecule has 0 fully saturated rings. The first-order chi connectivity index (χ1) is 14.0. The molecule has 3 aromatic rings. The van der Waals surface area contributed by atoms with E-state index in [1.54, 1.807) is 17.0 Å². The maximum absolute atomic E-state index is 13.7. The van der Waals surface area contributed by atoms with E-state index in [4.69, 9.17) is 0 Å². The van der Waals surface area contributed by atoms with Crippen LogP contribution in [0.3, 0.4) is 0 Å². The Labute approximate surface area is 169 Å². The highest BCUT2D eigenvalue weighted by molar-refractivity contribution is 6.07. The molecule has 29 heavy (non-hydrogen) atoms. The number of anilines is 1. The second-order valence-corrected chi connectivity index (χ2v) is 7.20. The molecule has 0 saturated carbocycles. The monoisotopic (exact) mass is 388 g/mol. The number of halogens is 1. The fourth-order valence-electron chi connectivity index (χ4n) is 3.55. The minimum atomic E-state index is -0.538. The molecule has 1 N–H and O–H groups in total. The van der Waals surface area contributed by atoms with E-state index in [1.165, 1.54) is 12.1 Å². The van der Waals surface area contributed by atoms with E-state index in [9.17, 15) is 14.0 Å². The molecule has 2 amide bonds. The third kappa shape index (κ3) is 3.90. The van der Waals surface area contributed by atoms with Crippen molar-refractivity contribution >= 4 is 17.5 Å². The zero-order chi connectivity index (χ0) is 20.4. The first kappa shape index (κ1) is 18.9. The van der Waals surface area contributed by atoms with Gasteiger partial charge in [0.2, 0.25) is 0 Å². The minimum absolute atomic E-state index is 0.00986. The topological polar surface area (TPSA) is 49.4 Å². The number of hydrogen-bond acceptors (Lipinski definition) is 2. The van der Waals surface area contributed by atoms with Crippen LogP contribution in [-0.2, 0) is 13.0 Å². The zero-order valence-corrected chi connectivity index (χ0v) is 16.1. The van der Waals surface area contributed by atoms with E-state index in [0.29, 0.717) is 18.7 Å². The van der Waals surface area contributed by atoms with Crippen molar-refractivity contribution in [2.24, 2.45) is 0 Å². The Kier molecular flexibility index (Phi) is 5.12. The molecule has 5 heteroatoms. The molecule has 3 aromatic carbocycles. The molecule has 0 unspecified atom stereocenters. The zero-order valence-electron chi connectivity index (χ0n) is 16.1. The summed E-state index contributed by atoms with van der Waals surface area (Å²) in [6, 6.07) is 19.3. The molecule has 4 rings (SSSR count). The SMILES string of the molecule is Cc1ccc(C(=O)N2CCc3cc(CNC(=O)c4ccccc4F)ccc32)cc1. The van der Waals surface area contributed by atoms with Gasteiger partial charge in [-0.05, 0) is 54.8 Å². The van der Waals surface area contributed by atoms with Crippen molar-refractivity contribution in [3.8, 4) is 0 Å². The third-order valence-corrected chi connectivity index (χ3v) is 5.15. The highest BCUT2D eigenvalue weighted by atomic mass is 19.1. The molecule has 0 radical (unpaired) electrons. The first-order valence-electron chi connectivity index (χ1n) is 9.56. The molecule has 1 heterocycles. The molecule has 1 aliphatic rings. The molecule has 4 nitrogen and oxygen atoms in total. The van der Waals surface area contributed by atoms with Gasteiger partial charge >= 0.3 is 0 Å². The van der Waals surface area contributed by atoms with Gasteiger partial charge in [0.05, 0.1) is 5.56 Å². The Hall–Kier alpha value is -3.47. The van der Waals surface area contributed by atoms with Crippen LogP contribution in [0, 0.1) is 12.7 Å². The predicted molar refractivity (Wildman–Crippen MR) is 111 cm³/mol. The molecule has 0 atom stereocenters. The summed E-state index contributed by atoms with van der Waals surface area (Å²) in [5, 5.41) is 2.75. The van der Waals surface area contributed by atoms with Crippen molar-refractivity contribution in [3.05, 3.63) is 100 Å². The Morgan fingerprint density at radius 2 is 1.79 bits per heavy atom. The van der Waals surface area contributed by atoms with Crippen molar-refractivity contribution in [2.75, 3.05) is 11.4 Å². The van der Waals surface area contributed by atoms with Crippen LogP contribution >= 0.6 is 0 Å². The second kappa shape index (κ2) is 7.87. The van der Waals surface area contributed by atoms with Crippen molar-refractivity contribution in [2.45, 2.75) is 19.9 Å². The van der Waals surface area contributed by atoms with Gasteiger partial charge < -0.3 is 10.2 Å². The van der Waals surface area contributed by atoms with Gasteiger partial charge in [-0.15, -0.1) is 0 Å². The highest BCUT2D eigenvalue weighted by Crippen LogP contribution is 2.30. The van der Waals surface area contributed by atoms with Crippen LogP contribution in [0.25, 0.3) is 0 Å². The van der Waals surface area contributed by atoms with Gasteiger partial charge in [-0.2, -0.15) is 0 Å². The molecule has 0 bridgehead atoms. The molecule has 0 spiro atoms. The number of rotatable bonds is 4. The Bertz CT molecular complexity index is 1080. The van der Waals surface area contributed by atoms with Crippen LogP contribution in [0.2, 0.25) is 0 Å². The van der Waals surface area contributed by atoms with Gasteiger partial charge in [0, 0.05) is 24.3 Å². The molecule has 0 saturated heterocycles. The lowest BCUT2D eigenvalue weighted by molar-refractivity contribution is 0.0945. The molecular weight excluding hydrogens is 367 g/mol. The Balaban J connectivity index is 1.46. The summed E-state index contributed by atoms with van der Waals surface area (Å²) in [5.74, 6) is -0.992. The normalized spacial score (nSPS) is 12.6. The first-order valence-corrected chi connectivity index (χ1v) is 9.56. The van der Waals surface area contributed by atoms with Gasteiger partial charge in [-0.1, -0.05) is 42.0 Å². The maximum Gasteiger partial charge on any atom is 0.258 e. The van der Waals surface area contributed by atoms with Crippen LogP contribution in [0.15, 0.2) is 66.7 Å². The van der Waals surface area contributed by atoms with Crippen LogP contribution < -0.4 is 10.2 Å². The van der Waals surface area contributed by atoms with Gasteiger partial charge in [0.15, 0.2) is 0 Å². The Morgan fingerprint density at radius 1 is 1.03 bits per heavy atom. The van der Waals surface area contributed by atoms with E-state index < -0.39 is 11.7 Å². The summed E-state index contributed by atoms with van der Waals surface area (Å²) >= 11 is 0. The van der Waals surface area contributed by atoms with Gasteiger partial charge in [-0.3, -0.25) is 9.59 Å². The number of hydrogen-bond donors (Lipinski definition) is 1. The van der Waals surface area contributed by atoms with E-state index >= 15 is 0 Å². The fraction of sp³-hybridized carbons (Fsp3) is 0.167. The summed E-state index contributed by atoms with van der Waals surface area (Å²) in [6.07, 6.45) is 0.766. The van der Waals surface area contributed by atoms with Crippen molar-refractivity contribution < 1.29 is 14.0 Å². The highest BCUT2D eigenvalue weighted by Gasteiger charge is 2.25. The van der Waals surface area contributed by atoms with Crippen LogP contribution in [0.4, 0.5) is 10.1 Å². The summed E-state index contributed by atoms with van der Waals surface area (Å²) in [4.78, 5) is 26.8. The molecule has 0 aromatic heterocycles. The second-order valence-electron chi connectivity index (χ2n) is 7.20. The molecule has 1 aliphatic heterocycles. The van der Waals surface area contributed by atoms with E-state index in [2.05, 4.69) is 5.32 Å². The smallest absolute Gasteiger partial charge is 0.258 e. The van der Waals surface area contributed by atoms with Crippen molar-refractivity contribution in [3.63, 3.8) is 0 Å². The van der Waals surface area contributed by atoms with Gasteiger partial charge in [0.25, 0.3) is 11.8 Å². The summed E-state index contributed by atoms with van der Waals surface area (Å²) in [5.41, 5.74) is 4.71. The molecular formula is C24H21FN2O2. The summed E-state index contributed by atoms with van der Waals surface area (Å²) in [7, 11) is 0. The number of carbonyl (C=O) groups excluding carboxylic acids is 2. The lowest BCUT2D eigenvalue weighted by Gasteiger charge is -2.18. The van der Waals surface area contributed by atoms with Crippen LogP contribution in [0.1, 0.15) is 37.4 Å². The lowest BCUT2D eigenvalue weighted by Crippen LogP contribution is -2.28. The number of nitrogens with zero attached hydrogens (tertiary/aromatic N) is 1. The standard InChI is InChI=1S/C24H21FN2O2/c1-16-6-9-18(10-7-16)24(29)27-13-12-19-14-17(8-11-22(19)27)15-26-23(28)20-4-2-3-5-21(20)25/h2-11,14H,12-13,15H2,1H3,(H,26,28). The van der Waals surface area contributed by atoms with E-state index in [0.717, 1.165) is 28.8 Å². The lowest BCUT2D eigenvalue weighted by atomic mass is 10.1. The van der Waals surface area contributed by atoms with E-state index in [-0.39, 0.29) is 11.5 Å². The summed E-state index contributed by atoms with van der Waals surface area (Å²) in [6.45, 7) is 2.92. The molecule has 146 valence electrons. The number of carbonyl (C=O) groups is 2. The number of fused-ring (bicyclic) bond motifs is 1. The average Bonchev–Trinajstić information content (AvgIpc) is 3.15. The van der Waals surface area contributed by atoms with Gasteiger partial charge in [0.1, 0.15) is 5.82 Å². The largest absolute Gasteiger partial charge is 0.348 e. The third-order valence-electron chi connectivity index (χ3n) is 5.15. The van der Waals surface area contributed by atoms with Crippen LogP contribution in [0.5, 0.6) is 0 Å². The number of amides is 2. The van der Waals surface area contributed by atoms with E-state index in [1.807, 2.05) is 49.4 Å². The number of nitrogens with one attached hydrogen (secondary N) is 1. The average molecular weight is 388 g/mol.